The highest BCUT2D eigenvalue weighted by Crippen LogP contribution is 2.24. The van der Waals surface area contributed by atoms with Crippen molar-refractivity contribution in [2.45, 2.75) is 26.2 Å². The van der Waals surface area contributed by atoms with E-state index in [1.807, 2.05) is 30.3 Å². The number of carbonyl (C=O) groups excluding carboxylic acids is 1. The third-order valence-electron chi connectivity index (χ3n) is 3.09. The first-order valence-electron chi connectivity index (χ1n) is 6.54. The van der Waals surface area contributed by atoms with E-state index in [0.29, 0.717) is 5.56 Å². The molecule has 0 atom stereocenters. The highest BCUT2D eigenvalue weighted by Gasteiger charge is 2.14. The molecule has 0 unspecified atom stereocenters. The average molecular weight is 332 g/mol. The zero-order valence-corrected chi connectivity index (χ0v) is 13.5. The number of anilines is 1. The van der Waals surface area contributed by atoms with Crippen LogP contribution in [0.1, 0.15) is 36.7 Å². The van der Waals surface area contributed by atoms with Crippen molar-refractivity contribution in [1.82, 2.24) is 0 Å². The number of hydrogen-bond acceptors (Lipinski definition) is 1. The minimum absolute atomic E-state index is 0.0678. The Balaban J connectivity index is 2.18. The summed E-state index contributed by atoms with van der Waals surface area (Å²) in [5.74, 6) is -0.0939. The van der Waals surface area contributed by atoms with Gasteiger partial charge in [0, 0.05) is 15.7 Å². The maximum atomic E-state index is 12.2. The van der Waals surface area contributed by atoms with Gasteiger partial charge in [-0.15, -0.1) is 0 Å². The van der Waals surface area contributed by atoms with Crippen LogP contribution in [0, 0.1) is 0 Å². The van der Waals surface area contributed by atoms with Crippen molar-refractivity contribution in [2.24, 2.45) is 0 Å². The van der Waals surface area contributed by atoms with Crippen molar-refractivity contribution in [3.63, 3.8) is 0 Å². The molecular formula is C17H18BrNO. The molecule has 2 aromatic carbocycles. The summed E-state index contributed by atoms with van der Waals surface area (Å²) in [6.07, 6.45) is 0. The first-order valence-corrected chi connectivity index (χ1v) is 7.33. The molecule has 1 amide bonds. The second kappa shape index (κ2) is 5.80. The van der Waals surface area contributed by atoms with Crippen molar-refractivity contribution >= 4 is 27.5 Å². The minimum Gasteiger partial charge on any atom is -0.322 e. The molecule has 104 valence electrons. The van der Waals surface area contributed by atoms with Gasteiger partial charge in [0.25, 0.3) is 5.91 Å². The lowest BCUT2D eigenvalue weighted by Crippen LogP contribution is -2.14. The van der Waals surface area contributed by atoms with E-state index in [1.54, 1.807) is 12.1 Å². The molecule has 2 aromatic rings. The summed E-state index contributed by atoms with van der Waals surface area (Å²) in [5.41, 5.74) is 2.74. The largest absolute Gasteiger partial charge is 0.322 e. The van der Waals surface area contributed by atoms with Crippen LogP contribution in [0.25, 0.3) is 0 Å². The zero-order chi connectivity index (χ0) is 14.8. The molecule has 20 heavy (non-hydrogen) atoms. The van der Waals surface area contributed by atoms with Gasteiger partial charge in [0.2, 0.25) is 0 Å². The van der Waals surface area contributed by atoms with Crippen LogP contribution in [-0.2, 0) is 5.41 Å². The van der Waals surface area contributed by atoms with Gasteiger partial charge in [-0.1, -0.05) is 48.8 Å². The summed E-state index contributed by atoms with van der Waals surface area (Å²) in [5, 5.41) is 2.94. The molecular weight excluding hydrogens is 314 g/mol. The van der Waals surface area contributed by atoms with E-state index in [0.717, 1.165) is 10.2 Å². The highest BCUT2D eigenvalue weighted by atomic mass is 79.9. The number of hydrogen-bond donors (Lipinski definition) is 1. The Morgan fingerprint density at radius 3 is 2.30 bits per heavy atom. The highest BCUT2D eigenvalue weighted by molar-refractivity contribution is 9.10. The van der Waals surface area contributed by atoms with Gasteiger partial charge in [-0.3, -0.25) is 4.79 Å². The maximum Gasteiger partial charge on any atom is 0.255 e. The van der Waals surface area contributed by atoms with Crippen LogP contribution in [-0.4, -0.2) is 5.91 Å². The number of rotatable bonds is 2. The predicted octanol–water partition coefficient (Wildman–Crippen LogP) is 5.00. The number of carbonyl (C=O) groups is 1. The Bertz CT molecular complexity index is 612. The molecule has 0 saturated carbocycles. The van der Waals surface area contributed by atoms with E-state index in [4.69, 9.17) is 0 Å². The molecule has 0 aliphatic rings. The molecule has 0 aromatic heterocycles. The zero-order valence-electron chi connectivity index (χ0n) is 11.9. The van der Waals surface area contributed by atoms with Crippen LogP contribution < -0.4 is 5.32 Å². The number of benzene rings is 2. The van der Waals surface area contributed by atoms with Gasteiger partial charge in [0.05, 0.1) is 0 Å². The predicted molar refractivity (Wildman–Crippen MR) is 87.2 cm³/mol. The normalized spacial score (nSPS) is 11.2. The summed E-state index contributed by atoms with van der Waals surface area (Å²) >= 11 is 3.36. The lowest BCUT2D eigenvalue weighted by atomic mass is 9.87. The third kappa shape index (κ3) is 3.70. The van der Waals surface area contributed by atoms with Crippen LogP contribution in [0.3, 0.4) is 0 Å². The van der Waals surface area contributed by atoms with Gasteiger partial charge in [0.15, 0.2) is 0 Å². The first kappa shape index (κ1) is 14.8. The van der Waals surface area contributed by atoms with Crippen molar-refractivity contribution in [1.29, 1.82) is 0 Å². The first-order chi connectivity index (χ1) is 9.36. The van der Waals surface area contributed by atoms with E-state index in [2.05, 4.69) is 48.1 Å². The summed E-state index contributed by atoms with van der Waals surface area (Å²) in [6, 6.07) is 15.3. The molecule has 1 N–H and O–H groups in total. The topological polar surface area (TPSA) is 29.1 Å². The maximum absolute atomic E-state index is 12.2. The Morgan fingerprint density at radius 1 is 1.05 bits per heavy atom. The SMILES string of the molecule is CC(C)(C)c1cccc(NC(=O)c2ccc(Br)cc2)c1. The van der Waals surface area contributed by atoms with Crippen LogP contribution in [0.15, 0.2) is 53.0 Å². The van der Waals surface area contributed by atoms with Crippen LogP contribution >= 0.6 is 15.9 Å². The number of nitrogens with one attached hydrogen (secondary N) is 1. The van der Waals surface area contributed by atoms with Crippen molar-refractivity contribution in [3.05, 3.63) is 64.1 Å². The van der Waals surface area contributed by atoms with Crippen molar-refractivity contribution in [3.8, 4) is 0 Å². The smallest absolute Gasteiger partial charge is 0.255 e. The second-order valence-electron chi connectivity index (χ2n) is 5.79. The molecule has 2 nitrogen and oxygen atoms in total. The average Bonchev–Trinajstić information content (AvgIpc) is 2.38. The lowest BCUT2D eigenvalue weighted by Gasteiger charge is -2.19. The molecule has 0 heterocycles. The second-order valence-corrected chi connectivity index (χ2v) is 6.71. The molecule has 0 bridgehead atoms. The van der Waals surface area contributed by atoms with Gasteiger partial charge in [0.1, 0.15) is 0 Å². The number of amides is 1. The Hall–Kier alpha value is -1.61. The molecule has 3 heteroatoms. The van der Waals surface area contributed by atoms with Crippen LogP contribution in [0.5, 0.6) is 0 Å². The third-order valence-corrected chi connectivity index (χ3v) is 3.62. The minimum atomic E-state index is -0.0939. The molecule has 0 aliphatic heterocycles. The summed E-state index contributed by atoms with van der Waals surface area (Å²) in [4.78, 5) is 12.2. The fourth-order valence-electron chi connectivity index (χ4n) is 1.87. The van der Waals surface area contributed by atoms with Gasteiger partial charge >= 0.3 is 0 Å². The standard InChI is InChI=1S/C17H18BrNO/c1-17(2,3)13-5-4-6-15(11-13)19-16(20)12-7-9-14(18)10-8-12/h4-11H,1-3H3,(H,19,20). The van der Waals surface area contributed by atoms with Gasteiger partial charge in [-0.2, -0.15) is 0 Å². The summed E-state index contributed by atoms with van der Waals surface area (Å²) in [6.45, 7) is 6.47. The lowest BCUT2D eigenvalue weighted by molar-refractivity contribution is 0.102. The van der Waals surface area contributed by atoms with Crippen molar-refractivity contribution in [2.75, 3.05) is 5.32 Å². The Kier molecular flexibility index (Phi) is 4.29. The quantitative estimate of drug-likeness (QED) is 0.824. The van der Waals surface area contributed by atoms with Gasteiger partial charge in [-0.05, 0) is 47.4 Å². The summed E-state index contributed by atoms with van der Waals surface area (Å²) in [7, 11) is 0. The van der Waals surface area contributed by atoms with Crippen LogP contribution in [0.4, 0.5) is 5.69 Å². The molecule has 0 saturated heterocycles. The van der Waals surface area contributed by atoms with E-state index in [9.17, 15) is 4.79 Å². The molecule has 0 radical (unpaired) electrons. The van der Waals surface area contributed by atoms with E-state index in [-0.39, 0.29) is 11.3 Å². The van der Waals surface area contributed by atoms with Crippen molar-refractivity contribution < 1.29 is 4.79 Å². The van der Waals surface area contributed by atoms with Gasteiger partial charge < -0.3 is 5.32 Å². The van der Waals surface area contributed by atoms with E-state index < -0.39 is 0 Å². The molecule has 0 aliphatic carbocycles. The Labute approximate surface area is 128 Å². The monoisotopic (exact) mass is 331 g/mol. The van der Waals surface area contributed by atoms with Crippen LogP contribution in [0.2, 0.25) is 0 Å². The molecule has 0 spiro atoms. The molecule has 2 rings (SSSR count). The van der Waals surface area contributed by atoms with Gasteiger partial charge in [-0.25, -0.2) is 0 Å². The fraction of sp³-hybridized carbons (Fsp3) is 0.235. The van der Waals surface area contributed by atoms with E-state index >= 15 is 0 Å². The Morgan fingerprint density at radius 2 is 1.70 bits per heavy atom. The fourth-order valence-corrected chi connectivity index (χ4v) is 2.13. The molecule has 0 fully saturated rings. The number of halogens is 1. The van der Waals surface area contributed by atoms with E-state index in [1.165, 1.54) is 5.56 Å². The summed E-state index contributed by atoms with van der Waals surface area (Å²) < 4.78 is 0.962.